The smallest absolute Gasteiger partial charge is 0.338 e. The number of unbranched alkanes of at least 4 members (excludes halogenated alkanes) is 2. The predicted octanol–water partition coefficient (Wildman–Crippen LogP) is 4.40. The summed E-state index contributed by atoms with van der Waals surface area (Å²) in [6.07, 6.45) is 4.11. The van der Waals surface area contributed by atoms with Gasteiger partial charge in [0.15, 0.2) is 0 Å². The molecule has 0 aliphatic carbocycles. The minimum absolute atomic E-state index is 0.0163. The molecule has 0 bridgehead atoms. The first-order valence-corrected chi connectivity index (χ1v) is 9.31. The molecular weight excluding hydrogens is 340 g/mol. The Balaban J connectivity index is 1.72. The molecule has 0 radical (unpaired) electrons. The molecule has 0 spiro atoms. The van der Waals surface area contributed by atoms with Crippen LogP contribution in [0.1, 0.15) is 43.2 Å². The number of rotatable bonds is 8. The van der Waals surface area contributed by atoms with Crippen molar-refractivity contribution in [3.8, 4) is 0 Å². The van der Waals surface area contributed by atoms with Crippen molar-refractivity contribution < 1.29 is 19.1 Å². The molecule has 1 atom stereocenters. The summed E-state index contributed by atoms with van der Waals surface area (Å²) in [7, 11) is 0. The summed E-state index contributed by atoms with van der Waals surface area (Å²) in [6.45, 7) is 1.83. The highest BCUT2D eigenvalue weighted by Gasteiger charge is 2.42. The minimum atomic E-state index is -0.268. The minimum Gasteiger partial charge on any atom is -0.466 e. The van der Waals surface area contributed by atoms with E-state index in [9.17, 15) is 9.59 Å². The zero-order chi connectivity index (χ0) is 19.1. The first kappa shape index (κ1) is 18.9. The van der Waals surface area contributed by atoms with Crippen LogP contribution in [0.3, 0.4) is 0 Å². The Hall–Kier alpha value is -2.88. The van der Waals surface area contributed by atoms with Gasteiger partial charge in [0.25, 0.3) is 0 Å². The van der Waals surface area contributed by atoms with E-state index in [0.29, 0.717) is 6.61 Å². The molecule has 2 aromatic carbocycles. The molecule has 4 heteroatoms. The van der Waals surface area contributed by atoms with Crippen molar-refractivity contribution in [3.05, 3.63) is 83.4 Å². The van der Waals surface area contributed by atoms with E-state index in [0.717, 1.165) is 36.0 Å². The van der Waals surface area contributed by atoms with E-state index in [1.807, 2.05) is 42.5 Å². The van der Waals surface area contributed by atoms with Crippen LogP contribution in [0.2, 0.25) is 0 Å². The van der Waals surface area contributed by atoms with Crippen LogP contribution in [0.4, 0.5) is 0 Å². The molecule has 27 heavy (non-hydrogen) atoms. The third-order valence-electron chi connectivity index (χ3n) is 4.66. The lowest BCUT2D eigenvalue weighted by Crippen LogP contribution is -2.41. The number of cyclic esters (lactones) is 1. The Kier molecular flexibility index (Phi) is 6.42. The summed E-state index contributed by atoms with van der Waals surface area (Å²) < 4.78 is 10.5. The van der Waals surface area contributed by atoms with Crippen molar-refractivity contribution in [1.29, 1.82) is 0 Å². The molecule has 1 heterocycles. The molecule has 0 N–H and O–H groups in total. The zero-order valence-electron chi connectivity index (χ0n) is 15.5. The molecule has 0 aromatic heterocycles. The lowest BCUT2D eigenvalue weighted by molar-refractivity contribution is -0.157. The van der Waals surface area contributed by atoms with Crippen LogP contribution in [0.25, 0.3) is 0 Å². The second-order valence-electron chi connectivity index (χ2n) is 6.62. The van der Waals surface area contributed by atoms with Crippen LogP contribution >= 0.6 is 0 Å². The molecule has 2 aromatic rings. The first-order chi connectivity index (χ1) is 13.2. The van der Waals surface area contributed by atoms with Crippen molar-refractivity contribution in [2.75, 3.05) is 6.61 Å². The normalized spacial score (nSPS) is 17.5. The Labute approximate surface area is 159 Å². The Morgan fingerprint density at radius 1 is 1.04 bits per heavy atom. The van der Waals surface area contributed by atoms with E-state index in [1.165, 1.54) is 6.92 Å². The molecule has 140 valence electrons. The van der Waals surface area contributed by atoms with Crippen LogP contribution in [-0.2, 0) is 19.1 Å². The second-order valence-corrected chi connectivity index (χ2v) is 6.62. The molecule has 0 amide bonds. The van der Waals surface area contributed by atoms with Gasteiger partial charge in [-0.2, -0.15) is 0 Å². The van der Waals surface area contributed by atoms with Crippen LogP contribution in [0, 0.1) is 0 Å². The quantitative estimate of drug-likeness (QED) is 0.396. The topological polar surface area (TPSA) is 52.6 Å². The molecule has 1 fully saturated rings. The van der Waals surface area contributed by atoms with Gasteiger partial charge in [-0.1, -0.05) is 66.7 Å². The van der Waals surface area contributed by atoms with E-state index >= 15 is 0 Å². The van der Waals surface area contributed by atoms with Gasteiger partial charge in [0.05, 0.1) is 18.1 Å². The Morgan fingerprint density at radius 2 is 1.63 bits per heavy atom. The van der Waals surface area contributed by atoms with Crippen LogP contribution in [0.15, 0.2) is 72.3 Å². The highest BCUT2D eigenvalue weighted by Crippen LogP contribution is 2.39. The van der Waals surface area contributed by atoms with Crippen molar-refractivity contribution in [2.24, 2.45) is 0 Å². The summed E-state index contributed by atoms with van der Waals surface area (Å²) in [6, 6.07) is 20.3. The predicted molar refractivity (Wildman–Crippen MR) is 103 cm³/mol. The lowest BCUT2D eigenvalue weighted by Gasteiger charge is -2.36. The highest BCUT2D eigenvalue weighted by atomic mass is 16.6. The maximum Gasteiger partial charge on any atom is 0.338 e. The number of hydrogen-bond acceptors (Lipinski definition) is 4. The number of allylic oxidation sites excluding steroid dienone is 1. The maximum absolute atomic E-state index is 12.1. The standard InChI is InChI=1S/C23H24O4/c1-17(24)26-16-10-4-9-15-20-22(27-23(20)25)21(18-11-5-2-6-12-18)19-13-7-3-8-14-19/h2-3,5-8,11-15,21-22H,4,9-10,16H2,1H3/b20-15-. The summed E-state index contributed by atoms with van der Waals surface area (Å²) in [5.74, 6) is -0.515. The molecular formula is C23H24O4. The average Bonchev–Trinajstić information content (AvgIpc) is 2.68. The van der Waals surface area contributed by atoms with Gasteiger partial charge in [-0.3, -0.25) is 4.79 Å². The summed E-state index contributed by atoms with van der Waals surface area (Å²) in [5.41, 5.74) is 2.99. The lowest BCUT2D eigenvalue weighted by atomic mass is 9.80. The fourth-order valence-corrected chi connectivity index (χ4v) is 3.33. The van der Waals surface area contributed by atoms with Crippen molar-refractivity contribution in [1.82, 2.24) is 0 Å². The number of carbonyl (C=O) groups is 2. The van der Waals surface area contributed by atoms with Crippen LogP contribution < -0.4 is 0 Å². The first-order valence-electron chi connectivity index (χ1n) is 9.31. The van der Waals surface area contributed by atoms with E-state index in [2.05, 4.69) is 24.3 Å². The monoisotopic (exact) mass is 364 g/mol. The SMILES string of the molecule is CC(=O)OCCCC/C=C1\C(=O)OC1C(c1ccccc1)c1ccccc1. The third-order valence-corrected chi connectivity index (χ3v) is 4.66. The third kappa shape index (κ3) is 4.85. The fraction of sp³-hybridized carbons (Fsp3) is 0.304. The van der Waals surface area contributed by atoms with Gasteiger partial charge in [-0.05, 0) is 30.4 Å². The van der Waals surface area contributed by atoms with Gasteiger partial charge in [-0.25, -0.2) is 4.79 Å². The van der Waals surface area contributed by atoms with Gasteiger partial charge >= 0.3 is 11.9 Å². The van der Waals surface area contributed by atoms with Gasteiger partial charge in [0, 0.05) is 6.92 Å². The van der Waals surface area contributed by atoms with Gasteiger partial charge in [-0.15, -0.1) is 0 Å². The summed E-state index contributed by atoms with van der Waals surface area (Å²) in [4.78, 5) is 22.8. The summed E-state index contributed by atoms with van der Waals surface area (Å²) >= 11 is 0. The van der Waals surface area contributed by atoms with Gasteiger partial charge in [0.1, 0.15) is 6.10 Å². The van der Waals surface area contributed by atoms with E-state index < -0.39 is 0 Å². The molecule has 3 rings (SSSR count). The van der Waals surface area contributed by atoms with Crippen LogP contribution in [0.5, 0.6) is 0 Å². The van der Waals surface area contributed by atoms with E-state index in [1.54, 1.807) is 0 Å². The second kappa shape index (κ2) is 9.17. The highest BCUT2D eigenvalue weighted by molar-refractivity contribution is 5.96. The number of benzene rings is 2. The molecule has 1 unspecified atom stereocenters. The largest absolute Gasteiger partial charge is 0.466 e. The van der Waals surface area contributed by atoms with E-state index in [-0.39, 0.29) is 24.0 Å². The Bertz CT molecular complexity index is 756. The summed E-state index contributed by atoms with van der Waals surface area (Å²) in [5, 5.41) is 0. The number of carbonyl (C=O) groups excluding carboxylic acids is 2. The number of esters is 2. The molecule has 1 aliphatic rings. The molecule has 4 nitrogen and oxygen atoms in total. The van der Waals surface area contributed by atoms with Gasteiger partial charge < -0.3 is 9.47 Å². The fourth-order valence-electron chi connectivity index (χ4n) is 3.33. The van der Waals surface area contributed by atoms with Crippen molar-refractivity contribution in [3.63, 3.8) is 0 Å². The van der Waals surface area contributed by atoms with Gasteiger partial charge in [0.2, 0.25) is 0 Å². The van der Waals surface area contributed by atoms with Crippen molar-refractivity contribution in [2.45, 2.75) is 38.2 Å². The maximum atomic E-state index is 12.1. The number of ether oxygens (including phenoxy) is 2. The average molecular weight is 364 g/mol. The molecule has 1 aliphatic heterocycles. The Morgan fingerprint density at radius 3 is 2.15 bits per heavy atom. The van der Waals surface area contributed by atoms with Crippen molar-refractivity contribution >= 4 is 11.9 Å². The molecule has 0 saturated carbocycles. The number of hydrogen-bond donors (Lipinski definition) is 0. The zero-order valence-corrected chi connectivity index (χ0v) is 15.5. The van der Waals surface area contributed by atoms with E-state index in [4.69, 9.17) is 9.47 Å². The molecule has 1 saturated heterocycles. The van der Waals surface area contributed by atoms with Crippen LogP contribution in [-0.4, -0.2) is 24.6 Å².